The van der Waals surface area contributed by atoms with Crippen LogP contribution in [0, 0.1) is 6.92 Å². The van der Waals surface area contributed by atoms with Gasteiger partial charge in [0.05, 0.1) is 16.8 Å². The summed E-state index contributed by atoms with van der Waals surface area (Å²) in [6.45, 7) is 8.21. The number of nitrogens with zero attached hydrogens (tertiary/aromatic N) is 2. The summed E-state index contributed by atoms with van der Waals surface area (Å²) >= 11 is 0. The molecule has 1 aromatic heterocycles. The lowest BCUT2D eigenvalue weighted by Crippen LogP contribution is -2.42. The summed E-state index contributed by atoms with van der Waals surface area (Å²) < 4.78 is 5.47. The number of pyridine rings is 1. The number of aryl methyl sites for hydroxylation is 1. The van der Waals surface area contributed by atoms with Crippen molar-refractivity contribution in [3.05, 3.63) is 41.6 Å². The molecule has 1 aromatic carbocycles. The molecule has 0 bridgehead atoms. The third-order valence-electron chi connectivity index (χ3n) is 4.41. The van der Waals surface area contributed by atoms with Crippen LogP contribution in [0.25, 0.3) is 10.9 Å². The quantitative estimate of drug-likeness (QED) is 0.873. The van der Waals surface area contributed by atoms with Crippen molar-refractivity contribution in [1.82, 2.24) is 15.2 Å². The highest BCUT2D eigenvalue weighted by molar-refractivity contribution is 5.98. The first kappa shape index (κ1) is 19.1. The van der Waals surface area contributed by atoms with Crippen LogP contribution in [0.1, 0.15) is 49.7 Å². The van der Waals surface area contributed by atoms with Crippen molar-refractivity contribution in [1.29, 1.82) is 0 Å². The van der Waals surface area contributed by atoms with Crippen LogP contribution in [0.4, 0.5) is 4.79 Å². The van der Waals surface area contributed by atoms with Gasteiger partial charge in [0.2, 0.25) is 0 Å². The van der Waals surface area contributed by atoms with Crippen molar-refractivity contribution in [3.63, 3.8) is 0 Å². The second-order valence-electron chi connectivity index (χ2n) is 7.97. The Morgan fingerprint density at radius 2 is 1.96 bits per heavy atom. The highest BCUT2D eigenvalue weighted by atomic mass is 16.6. The van der Waals surface area contributed by atoms with Crippen LogP contribution in [0.15, 0.2) is 30.3 Å². The van der Waals surface area contributed by atoms with Crippen molar-refractivity contribution >= 4 is 22.9 Å². The van der Waals surface area contributed by atoms with Crippen molar-refractivity contribution in [2.24, 2.45) is 0 Å². The summed E-state index contributed by atoms with van der Waals surface area (Å²) in [5.41, 5.74) is 1.60. The van der Waals surface area contributed by atoms with Gasteiger partial charge in [-0.25, -0.2) is 4.79 Å². The van der Waals surface area contributed by atoms with E-state index in [-0.39, 0.29) is 18.0 Å². The lowest BCUT2D eigenvalue weighted by atomic mass is 10.1. The maximum absolute atomic E-state index is 12.6. The first-order valence-corrected chi connectivity index (χ1v) is 9.39. The molecule has 0 unspecified atom stereocenters. The van der Waals surface area contributed by atoms with E-state index in [4.69, 9.17) is 4.74 Å². The molecule has 1 fully saturated rings. The molecular weight excluding hydrogens is 342 g/mol. The lowest BCUT2D eigenvalue weighted by Gasteiger charge is -2.27. The SMILES string of the molecule is Cc1nc2ccccc2cc1C(=O)NCCN(C(=O)OC(C)(C)C)C1CC1. The number of nitrogens with one attached hydrogen (secondary N) is 1. The summed E-state index contributed by atoms with van der Waals surface area (Å²) in [7, 11) is 0. The van der Waals surface area contributed by atoms with Gasteiger partial charge in [0.25, 0.3) is 5.91 Å². The summed E-state index contributed by atoms with van der Waals surface area (Å²) in [6.07, 6.45) is 1.66. The number of hydrogen-bond donors (Lipinski definition) is 1. The zero-order chi connectivity index (χ0) is 19.6. The number of carbonyl (C=O) groups excluding carboxylic acids is 2. The number of rotatable bonds is 5. The van der Waals surface area contributed by atoms with Crippen LogP contribution in [0.2, 0.25) is 0 Å². The normalized spacial score (nSPS) is 14.1. The second-order valence-corrected chi connectivity index (χ2v) is 7.97. The maximum Gasteiger partial charge on any atom is 0.410 e. The van der Waals surface area contributed by atoms with E-state index in [1.54, 1.807) is 4.90 Å². The Balaban J connectivity index is 1.61. The van der Waals surface area contributed by atoms with Crippen molar-refractivity contribution < 1.29 is 14.3 Å². The van der Waals surface area contributed by atoms with Gasteiger partial charge in [-0.1, -0.05) is 18.2 Å². The van der Waals surface area contributed by atoms with E-state index in [2.05, 4.69) is 10.3 Å². The van der Waals surface area contributed by atoms with Crippen LogP contribution < -0.4 is 5.32 Å². The smallest absolute Gasteiger partial charge is 0.410 e. The van der Waals surface area contributed by atoms with Crippen molar-refractivity contribution in [3.8, 4) is 0 Å². The monoisotopic (exact) mass is 369 g/mol. The Hall–Kier alpha value is -2.63. The fraction of sp³-hybridized carbons (Fsp3) is 0.476. The molecular formula is C21H27N3O3. The van der Waals surface area contributed by atoms with E-state index in [1.165, 1.54) is 0 Å². The largest absolute Gasteiger partial charge is 0.444 e. The molecule has 6 nitrogen and oxygen atoms in total. The average Bonchev–Trinajstić information content (AvgIpc) is 3.41. The Labute approximate surface area is 159 Å². The molecule has 0 radical (unpaired) electrons. The third kappa shape index (κ3) is 4.96. The van der Waals surface area contributed by atoms with Crippen LogP contribution in [-0.4, -0.2) is 46.6 Å². The van der Waals surface area contributed by atoms with Crippen LogP contribution in [0.3, 0.4) is 0 Å². The molecule has 144 valence electrons. The minimum absolute atomic E-state index is 0.175. The molecule has 1 aliphatic rings. The summed E-state index contributed by atoms with van der Waals surface area (Å²) in [6, 6.07) is 9.81. The number of ether oxygens (including phenoxy) is 1. The van der Waals surface area contributed by atoms with Crippen LogP contribution >= 0.6 is 0 Å². The number of para-hydroxylation sites is 1. The van der Waals surface area contributed by atoms with E-state index in [1.807, 2.05) is 58.0 Å². The number of fused-ring (bicyclic) bond motifs is 1. The van der Waals surface area contributed by atoms with Crippen LogP contribution in [0.5, 0.6) is 0 Å². The first-order chi connectivity index (χ1) is 12.7. The summed E-state index contributed by atoms with van der Waals surface area (Å²) in [5, 5.41) is 3.84. The predicted molar refractivity (Wildman–Crippen MR) is 105 cm³/mol. The number of aromatic nitrogens is 1. The van der Waals surface area contributed by atoms with Gasteiger partial charge < -0.3 is 15.0 Å². The molecule has 1 aliphatic carbocycles. The molecule has 2 aromatic rings. The van der Waals surface area contributed by atoms with E-state index in [0.717, 1.165) is 23.7 Å². The Morgan fingerprint density at radius 3 is 2.63 bits per heavy atom. The predicted octanol–water partition coefficient (Wildman–Crippen LogP) is 3.67. The topological polar surface area (TPSA) is 71.5 Å². The molecule has 6 heteroatoms. The van der Waals surface area contributed by atoms with E-state index in [9.17, 15) is 9.59 Å². The van der Waals surface area contributed by atoms with Gasteiger partial charge in [0, 0.05) is 24.5 Å². The van der Waals surface area contributed by atoms with Crippen molar-refractivity contribution in [2.75, 3.05) is 13.1 Å². The summed E-state index contributed by atoms with van der Waals surface area (Å²) in [4.78, 5) is 31.2. The fourth-order valence-corrected chi connectivity index (χ4v) is 2.96. The van der Waals surface area contributed by atoms with E-state index in [0.29, 0.717) is 24.3 Å². The Morgan fingerprint density at radius 1 is 1.26 bits per heavy atom. The molecule has 1 saturated carbocycles. The Bertz CT molecular complexity index is 853. The third-order valence-corrected chi connectivity index (χ3v) is 4.41. The van der Waals surface area contributed by atoms with Gasteiger partial charge >= 0.3 is 6.09 Å². The van der Waals surface area contributed by atoms with Gasteiger partial charge in [0.1, 0.15) is 5.60 Å². The highest BCUT2D eigenvalue weighted by Crippen LogP contribution is 2.28. The van der Waals surface area contributed by atoms with E-state index < -0.39 is 5.60 Å². The molecule has 1 heterocycles. The lowest BCUT2D eigenvalue weighted by molar-refractivity contribution is 0.0234. The average molecular weight is 369 g/mol. The number of hydrogen-bond acceptors (Lipinski definition) is 4. The Kier molecular flexibility index (Phi) is 5.35. The molecule has 0 atom stereocenters. The summed E-state index contributed by atoms with van der Waals surface area (Å²) in [5.74, 6) is -0.175. The van der Waals surface area contributed by atoms with Gasteiger partial charge in [0.15, 0.2) is 0 Å². The minimum Gasteiger partial charge on any atom is -0.444 e. The standard InChI is InChI=1S/C21H27N3O3/c1-14-17(13-15-7-5-6-8-18(15)23-14)19(25)22-11-12-24(16-9-10-16)20(26)27-21(2,3)4/h5-8,13,16H,9-12H2,1-4H3,(H,22,25). The van der Waals surface area contributed by atoms with Gasteiger partial charge in [-0.05, 0) is 52.7 Å². The molecule has 27 heavy (non-hydrogen) atoms. The minimum atomic E-state index is -0.526. The molecule has 2 amide bonds. The maximum atomic E-state index is 12.6. The molecule has 0 aliphatic heterocycles. The number of amides is 2. The molecule has 0 spiro atoms. The fourth-order valence-electron chi connectivity index (χ4n) is 2.96. The first-order valence-electron chi connectivity index (χ1n) is 9.39. The van der Waals surface area contributed by atoms with Gasteiger partial charge in [-0.2, -0.15) is 0 Å². The van der Waals surface area contributed by atoms with Gasteiger partial charge in [-0.15, -0.1) is 0 Å². The zero-order valence-electron chi connectivity index (χ0n) is 16.4. The highest BCUT2D eigenvalue weighted by Gasteiger charge is 2.34. The molecule has 0 saturated heterocycles. The number of carbonyl (C=O) groups is 2. The second kappa shape index (κ2) is 7.55. The molecule has 1 N–H and O–H groups in total. The van der Waals surface area contributed by atoms with Crippen LogP contribution in [-0.2, 0) is 4.74 Å². The van der Waals surface area contributed by atoms with Crippen molar-refractivity contribution in [2.45, 2.75) is 52.2 Å². The zero-order valence-corrected chi connectivity index (χ0v) is 16.4. The van der Waals surface area contributed by atoms with Gasteiger partial charge in [-0.3, -0.25) is 9.78 Å². The van der Waals surface area contributed by atoms with E-state index >= 15 is 0 Å². The number of benzene rings is 1. The molecule has 3 rings (SSSR count).